The fraction of sp³-hybridized carbons (Fsp3) is 0.273. The van der Waals surface area contributed by atoms with Gasteiger partial charge >= 0.3 is 6.55 Å². The van der Waals surface area contributed by atoms with Crippen LogP contribution in [0.15, 0.2) is 42.9 Å². The van der Waals surface area contributed by atoms with Gasteiger partial charge in [-0.25, -0.2) is 23.6 Å². The summed E-state index contributed by atoms with van der Waals surface area (Å²) in [5.41, 5.74) is 3.03. The SMILES string of the molecule is Fc1cccc2[nH]c(CNc3cc(N4CCOCC4)nn4c(-c5cnn(C(F)F)c5)cnc34)nc12. The number of morpholine rings is 1. The number of hydrogen-bond donors (Lipinski definition) is 2. The second-order valence-corrected chi connectivity index (χ2v) is 8.05. The van der Waals surface area contributed by atoms with Crippen LogP contribution in [-0.2, 0) is 11.3 Å². The van der Waals surface area contributed by atoms with Crippen LogP contribution in [0.5, 0.6) is 0 Å². The minimum absolute atomic E-state index is 0.275. The molecule has 1 saturated heterocycles. The number of ether oxygens (including phenoxy) is 1. The van der Waals surface area contributed by atoms with Gasteiger partial charge in [-0.3, -0.25) is 0 Å². The first-order valence-corrected chi connectivity index (χ1v) is 11.0. The maximum Gasteiger partial charge on any atom is 0.333 e. The first-order valence-electron chi connectivity index (χ1n) is 11.0. The average molecular weight is 483 g/mol. The number of nitrogens with zero attached hydrogens (tertiary/aromatic N) is 7. The fourth-order valence-electron chi connectivity index (χ4n) is 4.12. The van der Waals surface area contributed by atoms with Crippen molar-refractivity contribution in [3.05, 3.63) is 54.5 Å². The number of rotatable bonds is 6. The summed E-state index contributed by atoms with van der Waals surface area (Å²) in [6, 6.07) is 6.62. The molecule has 13 heteroatoms. The van der Waals surface area contributed by atoms with Gasteiger partial charge in [-0.2, -0.15) is 13.9 Å². The Balaban J connectivity index is 1.39. The lowest BCUT2D eigenvalue weighted by atomic mass is 10.3. The van der Waals surface area contributed by atoms with Crippen LogP contribution in [0.3, 0.4) is 0 Å². The highest BCUT2D eigenvalue weighted by atomic mass is 19.3. The molecule has 5 aromatic rings. The third-order valence-corrected chi connectivity index (χ3v) is 5.85. The van der Waals surface area contributed by atoms with Crippen LogP contribution in [-0.4, -0.2) is 60.6 Å². The van der Waals surface area contributed by atoms with E-state index in [1.807, 2.05) is 6.07 Å². The average Bonchev–Trinajstić information content (AvgIpc) is 3.61. The second kappa shape index (κ2) is 8.58. The molecule has 180 valence electrons. The van der Waals surface area contributed by atoms with Gasteiger partial charge in [-0.15, -0.1) is 5.10 Å². The summed E-state index contributed by atoms with van der Waals surface area (Å²) in [5.74, 6) is 0.838. The van der Waals surface area contributed by atoms with E-state index < -0.39 is 12.4 Å². The fourth-order valence-corrected chi connectivity index (χ4v) is 4.12. The number of hydrogen-bond acceptors (Lipinski definition) is 7. The molecule has 1 fully saturated rings. The number of para-hydroxylation sites is 1. The molecule has 0 amide bonds. The van der Waals surface area contributed by atoms with E-state index in [0.29, 0.717) is 70.7 Å². The van der Waals surface area contributed by atoms with E-state index in [4.69, 9.17) is 9.84 Å². The number of nitrogens with one attached hydrogen (secondary N) is 2. The number of aromatic amines is 1. The van der Waals surface area contributed by atoms with Gasteiger partial charge in [0.05, 0.1) is 49.1 Å². The zero-order valence-electron chi connectivity index (χ0n) is 18.3. The molecule has 10 nitrogen and oxygen atoms in total. The molecule has 0 spiro atoms. The summed E-state index contributed by atoms with van der Waals surface area (Å²) in [7, 11) is 0. The van der Waals surface area contributed by atoms with E-state index in [2.05, 4.69) is 30.3 Å². The molecule has 1 aromatic carbocycles. The molecule has 0 unspecified atom stereocenters. The Bertz CT molecular complexity index is 1500. The first-order chi connectivity index (χ1) is 17.1. The van der Waals surface area contributed by atoms with E-state index in [9.17, 15) is 13.2 Å². The molecule has 1 aliphatic heterocycles. The second-order valence-electron chi connectivity index (χ2n) is 8.05. The van der Waals surface area contributed by atoms with Crippen LogP contribution in [0, 0.1) is 5.82 Å². The van der Waals surface area contributed by atoms with Crippen molar-refractivity contribution in [3.63, 3.8) is 0 Å². The molecule has 35 heavy (non-hydrogen) atoms. The van der Waals surface area contributed by atoms with Crippen molar-refractivity contribution in [2.75, 3.05) is 36.5 Å². The number of halogens is 3. The van der Waals surface area contributed by atoms with Crippen molar-refractivity contribution in [2.24, 2.45) is 0 Å². The number of alkyl halides is 2. The summed E-state index contributed by atoms with van der Waals surface area (Å²) in [6.07, 6.45) is 4.18. The molecular formula is C22H20F3N9O. The first kappa shape index (κ1) is 21.4. The number of benzene rings is 1. The monoisotopic (exact) mass is 483 g/mol. The summed E-state index contributed by atoms with van der Waals surface area (Å²) < 4.78 is 47.8. The molecule has 1 aliphatic rings. The van der Waals surface area contributed by atoms with Crippen LogP contribution >= 0.6 is 0 Å². The molecule has 0 atom stereocenters. The van der Waals surface area contributed by atoms with E-state index in [1.165, 1.54) is 18.5 Å². The minimum Gasteiger partial charge on any atom is -0.378 e. The molecule has 0 radical (unpaired) electrons. The Labute approximate surface area is 196 Å². The highest BCUT2D eigenvalue weighted by Crippen LogP contribution is 2.28. The number of anilines is 2. The maximum atomic E-state index is 14.1. The van der Waals surface area contributed by atoms with E-state index in [0.717, 1.165) is 0 Å². The van der Waals surface area contributed by atoms with Gasteiger partial charge in [0.25, 0.3) is 0 Å². The van der Waals surface area contributed by atoms with Crippen LogP contribution < -0.4 is 10.2 Å². The van der Waals surface area contributed by atoms with Gasteiger partial charge in [0.1, 0.15) is 11.3 Å². The zero-order valence-corrected chi connectivity index (χ0v) is 18.3. The standard InChI is InChI=1S/C22H20F3N9O/c23-14-2-1-3-15-20(14)30-18(29-15)11-26-16-8-19(32-4-6-35-7-5-32)31-34-17(10-27-21(16)34)13-9-28-33(12-13)22(24)25/h1-3,8-10,12,22,26H,4-7,11H2,(H,29,30). The van der Waals surface area contributed by atoms with E-state index in [1.54, 1.807) is 22.8 Å². The molecule has 0 aliphatic carbocycles. The zero-order chi connectivity index (χ0) is 23.9. The Morgan fingerprint density at radius 1 is 1.17 bits per heavy atom. The van der Waals surface area contributed by atoms with Gasteiger partial charge in [-0.1, -0.05) is 6.07 Å². The Morgan fingerprint density at radius 3 is 2.80 bits per heavy atom. The molecule has 2 N–H and O–H groups in total. The topological polar surface area (TPSA) is 101 Å². The smallest absolute Gasteiger partial charge is 0.333 e. The number of fused-ring (bicyclic) bond motifs is 2. The third-order valence-electron chi connectivity index (χ3n) is 5.85. The van der Waals surface area contributed by atoms with Crippen LogP contribution in [0.4, 0.5) is 24.7 Å². The van der Waals surface area contributed by atoms with Crippen LogP contribution in [0.25, 0.3) is 27.9 Å². The van der Waals surface area contributed by atoms with E-state index >= 15 is 0 Å². The van der Waals surface area contributed by atoms with Crippen molar-refractivity contribution < 1.29 is 17.9 Å². The number of aromatic nitrogens is 7. The lowest BCUT2D eigenvalue weighted by Crippen LogP contribution is -2.37. The van der Waals surface area contributed by atoms with Gasteiger partial charge in [0.15, 0.2) is 17.3 Å². The van der Waals surface area contributed by atoms with Crippen molar-refractivity contribution >= 4 is 28.2 Å². The lowest BCUT2D eigenvalue weighted by molar-refractivity contribution is 0.0566. The molecule has 4 aromatic heterocycles. The Hall–Kier alpha value is -4.13. The predicted octanol–water partition coefficient (Wildman–Crippen LogP) is 3.45. The molecular weight excluding hydrogens is 463 g/mol. The summed E-state index contributed by atoms with van der Waals surface area (Å²) in [4.78, 5) is 14.0. The minimum atomic E-state index is -2.74. The number of imidazole rings is 2. The summed E-state index contributed by atoms with van der Waals surface area (Å²) in [6.45, 7) is 0.00534. The van der Waals surface area contributed by atoms with Crippen LogP contribution in [0.2, 0.25) is 0 Å². The predicted molar refractivity (Wildman–Crippen MR) is 122 cm³/mol. The molecule has 0 bridgehead atoms. The van der Waals surface area contributed by atoms with Crippen molar-refractivity contribution in [1.82, 2.24) is 34.3 Å². The highest BCUT2D eigenvalue weighted by Gasteiger charge is 2.20. The van der Waals surface area contributed by atoms with Gasteiger partial charge in [0, 0.05) is 30.9 Å². The maximum absolute atomic E-state index is 14.1. The van der Waals surface area contributed by atoms with Crippen molar-refractivity contribution in [2.45, 2.75) is 13.1 Å². The van der Waals surface area contributed by atoms with Crippen molar-refractivity contribution in [3.8, 4) is 11.3 Å². The highest BCUT2D eigenvalue weighted by molar-refractivity contribution is 5.77. The number of H-pyrrole nitrogens is 1. The van der Waals surface area contributed by atoms with Gasteiger partial charge < -0.3 is 19.9 Å². The Morgan fingerprint density at radius 2 is 2.03 bits per heavy atom. The molecule has 6 rings (SSSR count). The quantitative estimate of drug-likeness (QED) is 0.382. The summed E-state index contributed by atoms with van der Waals surface area (Å²) in [5, 5.41) is 11.8. The summed E-state index contributed by atoms with van der Waals surface area (Å²) >= 11 is 0. The normalized spacial score (nSPS) is 14.5. The van der Waals surface area contributed by atoms with Crippen LogP contribution in [0.1, 0.15) is 12.4 Å². The lowest BCUT2D eigenvalue weighted by Gasteiger charge is -2.28. The largest absolute Gasteiger partial charge is 0.378 e. The van der Waals surface area contributed by atoms with E-state index in [-0.39, 0.29) is 12.1 Å². The van der Waals surface area contributed by atoms with Crippen molar-refractivity contribution in [1.29, 1.82) is 0 Å². The van der Waals surface area contributed by atoms with Gasteiger partial charge in [-0.05, 0) is 12.1 Å². The molecule has 0 saturated carbocycles. The third kappa shape index (κ3) is 3.93. The Kier molecular flexibility index (Phi) is 5.25. The van der Waals surface area contributed by atoms with Gasteiger partial charge in [0.2, 0.25) is 0 Å². The molecule has 5 heterocycles.